The summed E-state index contributed by atoms with van der Waals surface area (Å²) >= 11 is 0. The molecule has 0 unspecified atom stereocenters. The van der Waals surface area contributed by atoms with Crippen molar-refractivity contribution in [1.29, 1.82) is 0 Å². The predicted octanol–water partition coefficient (Wildman–Crippen LogP) is 2.11. The third-order valence-corrected chi connectivity index (χ3v) is 3.75. The van der Waals surface area contributed by atoms with Gasteiger partial charge >= 0.3 is 0 Å². The summed E-state index contributed by atoms with van der Waals surface area (Å²) in [5, 5.41) is 12.4. The van der Waals surface area contributed by atoms with Crippen molar-refractivity contribution in [3.8, 4) is 0 Å². The molecule has 2 N–H and O–H groups in total. The number of piperidine rings is 1. The van der Waals surface area contributed by atoms with Gasteiger partial charge in [0.05, 0.1) is 0 Å². The van der Waals surface area contributed by atoms with Gasteiger partial charge in [-0.3, -0.25) is 4.90 Å². The molecule has 4 nitrogen and oxygen atoms in total. The number of rotatable bonds is 6. The maximum absolute atomic E-state index is 9.13. The Morgan fingerprint density at radius 3 is 2.74 bits per heavy atom. The Bertz CT molecular complexity index is 358. The third-order valence-electron chi connectivity index (χ3n) is 3.75. The minimum atomic E-state index is 0.340. The zero-order chi connectivity index (χ0) is 13.5. The Morgan fingerprint density at radius 1 is 1.37 bits per heavy atom. The number of aliphatic hydroxyl groups is 1. The Balaban J connectivity index is 1.79. The fourth-order valence-electron chi connectivity index (χ4n) is 2.46. The van der Waals surface area contributed by atoms with E-state index in [0.29, 0.717) is 12.5 Å². The van der Waals surface area contributed by atoms with Crippen LogP contribution in [-0.2, 0) is 6.54 Å². The molecule has 1 aromatic rings. The number of likely N-dealkylation sites (tertiary alicyclic amines) is 1. The minimum Gasteiger partial charge on any atom is -0.396 e. The summed E-state index contributed by atoms with van der Waals surface area (Å²) in [4.78, 5) is 6.88. The first kappa shape index (κ1) is 14.3. The third kappa shape index (κ3) is 4.48. The predicted molar refractivity (Wildman–Crippen MR) is 78.1 cm³/mol. The molecule has 0 saturated carbocycles. The average Bonchev–Trinajstić information content (AvgIpc) is 2.47. The van der Waals surface area contributed by atoms with E-state index < -0.39 is 0 Å². The van der Waals surface area contributed by atoms with Gasteiger partial charge in [-0.2, -0.15) is 0 Å². The number of hydrogen-bond acceptors (Lipinski definition) is 4. The summed E-state index contributed by atoms with van der Waals surface area (Å²) < 4.78 is 0. The maximum atomic E-state index is 9.13. The van der Waals surface area contributed by atoms with E-state index in [1.807, 2.05) is 6.20 Å². The van der Waals surface area contributed by atoms with E-state index in [-0.39, 0.29) is 0 Å². The molecule has 19 heavy (non-hydrogen) atoms. The van der Waals surface area contributed by atoms with Crippen molar-refractivity contribution >= 4 is 5.82 Å². The number of nitrogens with one attached hydrogen (secondary N) is 1. The van der Waals surface area contributed by atoms with Crippen molar-refractivity contribution in [2.24, 2.45) is 5.92 Å². The summed E-state index contributed by atoms with van der Waals surface area (Å²) in [6.45, 7) is 6.60. The van der Waals surface area contributed by atoms with Crippen LogP contribution in [0.1, 0.15) is 31.7 Å². The van der Waals surface area contributed by atoms with Crippen LogP contribution in [0.25, 0.3) is 0 Å². The molecule has 0 atom stereocenters. The minimum absolute atomic E-state index is 0.340. The molecular formula is C15H25N3O. The van der Waals surface area contributed by atoms with Gasteiger partial charge < -0.3 is 10.4 Å². The van der Waals surface area contributed by atoms with E-state index in [0.717, 1.165) is 51.3 Å². The monoisotopic (exact) mass is 263 g/mol. The molecule has 0 aromatic carbocycles. The zero-order valence-electron chi connectivity index (χ0n) is 11.8. The van der Waals surface area contributed by atoms with Crippen LogP contribution in [-0.4, -0.2) is 41.2 Å². The molecule has 1 saturated heterocycles. The molecule has 0 amide bonds. The van der Waals surface area contributed by atoms with Crippen LogP contribution in [0.15, 0.2) is 18.3 Å². The molecule has 0 radical (unpaired) electrons. The molecule has 0 bridgehead atoms. The van der Waals surface area contributed by atoms with Crippen LogP contribution in [0.5, 0.6) is 0 Å². The first-order chi connectivity index (χ1) is 9.31. The normalized spacial score (nSPS) is 17.6. The SMILES string of the molecule is CCCNc1ccc(CN2CCC(CO)CC2)cn1. The molecule has 4 heteroatoms. The Kier molecular flexibility index (Phi) is 5.61. The van der Waals surface area contributed by atoms with Crippen molar-refractivity contribution in [2.75, 3.05) is 31.6 Å². The number of hydrogen-bond donors (Lipinski definition) is 2. The Hall–Kier alpha value is -1.13. The van der Waals surface area contributed by atoms with E-state index in [9.17, 15) is 0 Å². The van der Waals surface area contributed by atoms with E-state index in [1.54, 1.807) is 0 Å². The highest BCUT2D eigenvalue weighted by atomic mass is 16.3. The van der Waals surface area contributed by atoms with Gasteiger partial charge in [0.25, 0.3) is 0 Å². The van der Waals surface area contributed by atoms with Crippen molar-refractivity contribution in [3.63, 3.8) is 0 Å². The van der Waals surface area contributed by atoms with E-state index in [4.69, 9.17) is 5.11 Å². The fraction of sp³-hybridized carbons (Fsp3) is 0.667. The quantitative estimate of drug-likeness (QED) is 0.825. The van der Waals surface area contributed by atoms with Crippen LogP contribution in [0.2, 0.25) is 0 Å². The smallest absolute Gasteiger partial charge is 0.125 e. The molecule has 1 aliphatic rings. The van der Waals surface area contributed by atoms with Crippen LogP contribution >= 0.6 is 0 Å². The highest BCUT2D eigenvalue weighted by molar-refractivity contribution is 5.35. The summed E-state index contributed by atoms with van der Waals surface area (Å²) in [5.74, 6) is 1.47. The van der Waals surface area contributed by atoms with Gasteiger partial charge in [-0.05, 0) is 49.9 Å². The molecule has 2 rings (SSSR count). The number of pyridine rings is 1. The standard InChI is InChI=1S/C15H25N3O/c1-2-7-16-15-4-3-14(10-17-15)11-18-8-5-13(12-19)6-9-18/h3-4,10,13,19H,2,5-9,11-12H2,1H3,(H,16,17). The summed E-state index contributed by atoms with van der Waals surface area (Å²) in [5.41, 5.74) is 1.27. The molecule has 106 valence electrons. The molecular weight excluding hydrogens is 238 g/mol. The highest BCUT2D eigenvalue weighted by Crippen LogP contribution is 2.18. The first-order valence-electron chi connectivity index (χ1n) is 7.34. The van der Waals surface area contributed by atoms with Gasteiger partial charge in [0.15, 0.2) is 0 Å². The second kappa shape index (κ2) is 7.46. The summed E-state index contributed by atoms with van der Waals surface area (Å²) in [6.07, 6.45) is 5.31. The summed E-state index contributed by atoms with van der Waals surface area (Å²) in [7, 11) is 0. The lowest BCUT2D eigenvalue weighted by atomic mass is 9.98. The number of nitrogens with zero attached hydrogens (tertiary/aromatic N) is 2. The topological polar surface area (TPSA) is 48.4 Å². The average molecular weight is 263 g/mol. The second-order valence-electron chi connectivity index (χ2n) is 5.38. The van der Waals surface area contributed by atoms with E-state index in [1.165, 1.54) is 5.56 Å². The number of aromatic nitrogens is 1. The maximum Gasteiger partial charge on any atom is 0.125 e. The lowest BCUT2D eigenvalue weighted by molar-refractivity contribution is 0.127. The lowest BCUT2D eigenvalue weighted by Crippen LogP contribution is -2.34. The van der Waals surface area contributed by atoms with Gasteiger partial charge in [0.1, 0.15) is 5.82 Å². The molecule has 0 spiro atoms. The number of aliphatic hydroxyl groups excluding tert-OH is 1. The van der Waals surface area contributed by atoms with Gasteiger partial charge in [-0.15, -0.1) is 0 Å². The Labute approximate surface area is 115 Å². The second-order valence-corrected chi connectivity index (χ2v) is 5.38. The molecule has 1 aliphatic heterocycles. The van der Waals surface area contributed by atoms with Gasteiger partial charge in [-0.25, -0.2) is 4.98 Å². The van der Waals surface area contributed by atoms with Crippen LogP contribution in [0.3, 0.4) is 0 Å². The van der Waals surface area contributed by atoms with Gasteiger partial charge in [0, 0.05) is 25.9 Å². The van der Waals surface area contributed by atoms with Crippen molar-refractivity contribution in [1.82, 2.24) is 9.88 Å². The largest absolute Gasteiger partial charge is 0.396 e. The summed E-state index contributed by atoms with van der Waals surface area (Å²) in [6, 6.07) is 4.22. The van der Waals surface area contributed by atoms with Crippen LogP contribution in [0, 0.1) is 5.92 Å². The molecule has 0 aliphatic carbocycles. The zero-order valence-corrected chi connectivity index (χ0v) is 11.8. The van der Waals surface area contributed by atoms with Crippen molar-refractivity contribution in [2.45, 2.75) is 32.7 Å². The van der Waals surface area contributed by atoms with Crippen LogP contribution < -0.4 is 5.32 Å². The van der Waals surface area contributed by atoms with E-state index >= 15 is 0 Å². The lowest BCUT2D eigenvalue weighted by Gasteiger charge is -2.30. The molecule has 1 fully saturated rings. The first-order valence-corrected chi connectivity index (χ1v) is 7.34. The Morgan fingerprint density at radius 2 is 2.16 bits per heavy atom. The van der Waals surface area contributed by atoms with Gasteiger partial charge in [-0.1, -0.05) is 13.0 Å². The van der Waals surface area contributed by atoms with E-state index in [2.05, 4.69) is 34.3 Å². The van der Waals surface area contributed by atoms with Crippen molar-refractivity contribution < 1.29 is 5.11 Å². The molecule has 2 heterocycles. The fourth-order valence-corrected chi connectivity index (χ4v) is 2.46. The molecule has 1 aromatic heterocycles. The highest BCUT2D eigenvalue weighted by Gasteiger charge is 2.18. The van der Waals surface area contributed by atoms with Crippen molar-refractivity contribution in [3.05, 3.63) is 23.9 Å². The van der Waals surface area contributed by atoms with Gasteiger partial charge in [0.2, 0.25) is 0 Å². The number of anilines is 1. The van der Waals surface area contributed by atoms with Crippen LogP contribution in [0.4, 0.5) is 5.82 Å².